The topological polar surface area (TPSA) is 59.0 Å². The summed E-state index contributed by atoms with van der Waals surface area (Å²) >= 11 is 0. The lowest BCUT2D eigenvalue weighted by molar-refractivity contribution is -0.183. The molecule has 1 unspecified atom stereocenters. The highest BCUT2D eigenvalue weighted by Gasteiger charge is 2.48. The molecule has 0 aromatic heterocycles. The van der Waals surface area contributed by atoms with Crippen LogP contribution < -0.4 is 0 Å². The van der Waals surface area contributed by atoms with Crippen molar-refractivity contribution in [2.24, 2.45) is 0 Å². The minimum Gasteiger partial charge on any atom is -0.480 e. The van der Waals surface area contributed by atoms with E-state index in [2.05, 4.69) is 4.90 Å². The summed E-state index contributed by atoms with van der Waals surface area (Å²) in [5.41, 5.74) is -0.129. The van der Waals surface area contributed by atoms with Gasteiger partial charge in [-0.3, -0.25) is 4.90 Å². The van der Waals surface area contributed by atoms with Gasteiger partial charge in [0.05, 0.1) is 11.2 Å². The van der Waals surface area contributed by atoms with Gasteiger partial charge in [0.25, 0.3) is 0 Å². The SMILES string of the molecule is CC1(OCC(=O)O)CN(C2CCOC3(CCCC3)C2)C1. The molecule has 5 nitrogen and oxygen atoms in total. The van der Waals surface area contributed by atoms with Crippen molar-refractivity contribution in [3.05, 3.63) is 0 Å². The first kappa shape index (κ1) is 14.3. The third kappa shape index (κ3) is 2.85. The Morgan fingerprint density at radius 3 is 2.75 bits per heavy atom. The first-order valence-corrected chi connectivity index (χ1v) is 7.74. The largest absolute Gasteiger partial charge is 0.480 e. The molecule has 20 heavy (non-hydrogen) atoms. The normalized spacial score (nSPS) is 32.1. The van der Waals surface area contributed by atoms with Gasteiger partial charge in [0, 0.05) is 25.7 Å². The number of hydrogen-bond acceptors (Lipinski definition) is 4. The van der Waals surface area contributed by atoms with Crippen LogP contribution in [0.15, 0.2) is 0 Å². The van der Waals surface area contributed by atoms with Gasteiger partial charge in [0.1, 0.15) is 6.61 Å². The zero-order valence-corrected chi connectivity index (χ0v) is 12.3. The second kappa shape index (κ2) is 5.28. The summed E-state index contributed by atoms with van der Waals surface area (Å²) in [6.07, 6.45) is 7.26. The third-order valence-corrected chi connectivity index (χ3v) is 5.12. The Labute approximate surface area is 120 Å². The highest BCUT2D eigenvalue weighted by atomic mass is 16.5. The second-order valence-electron chi connectivity index (χ2n) is 6.92. The maximum atomic E-state index is 10.6. The Bertz CT molecular complexity index is 372. The van der Waals surface area contributed by atoms with Crippen LogP contribution in [0.25, 0.3) is 0 Å². The molecule has 2 aliphatic heterocycles. The van der Waals surface area contributed by atoms with Gasteiger partial charge in [-0.25, -0.2) is 4.79 Å². The first-order chi connectivity index (χ1) is 9.50. The lowest BCUT2D eigenvalue weighted by Crippen LogP contribution is -2.66. The zero-order chi connectivity index (χ0) is 14.2. The van der Waals surface area contributed by atoms with Crippen molar-refractivity contribution >= 4 is 5.97 Å². The summed E-state index contributed by atoms with van der Waals surface area (Å²) in [6.45, 7) is 4.38. The Morgan fingerprint density at radius 1 is 1.40 bits per heavy atom. The van der Waals surface area contributed by atoms with Crippen molar-refractivity contribution < 1.29 is 19.4 Å². The van der Waals surface area contributed by atoms with Crippen molar-refractivity contribution in [2.45, 2.75) is 62.7 Å². The summed E-state index contributed by atoms with van der Waals surface area (Å²) in [5.74, 6) is -0.888. The van der Waals surface area contributed by atoms with Gasteiger partial charge in [-0.15, -0.1) is 0 Å². The van der Waals surface area contributed by atoms with E-state index in [0.717, 1.165) is 32.5 Å². The Morgan fingerprint density at radius 2 is 2.10 bits per heavy atom. The van der Waals surface area contributed by atoms with Crippen LogP contribution in [0.1, 0.15) is 45.4 Å². The summed E-state index contributed by atoms with van der Waals surface area (Å²) in [4.78, 5) is 13.0. The van der Waals surface area contributed by atoms with Crippen molar-refractivity contribution in [2.75, 3.05) is 26.3 Å². The number of ether oxygens (including phenoxy) is 2. The number of carboxylic acids is 1. The quantitative estimate of drug-likeness (QED) is 0.850. The molecule has 0 aromatic carbocycles. The molecule has 1 aliphatic carbocycles. The predicted molar refractivity (Wildman–Crippen MR) is 73.7 cm³/mol. The number of likely N-dealkylation sites (tertiary alicyclic amines) is 1. The fourth-order valence-electron chi connectivity index (χ4n) is 4.08. The van der Waals surface area contributed by atoms with E-state index in [4.69, 9.17) is 14.6 Å². The second-order valence-corrected chi connectivity index (χ2v) is 6.92. The Hall–Kier alpha value is -0.650. The molecule has 0 amide bonds. The fraction of sp³-hybridized carbons (Fsp3) is 0.933. The molecule has 1 spiro atoms. The Kier molecular flexibility index (Phi) is 3.77. The molecule has 1 saturated carbocycles. The summed E-state index contributed by atoms with van der Waals surface area (Å²) < 4.78 is 11.6. The summed E-state index contributed by atoms with van der Waals surface area (Å²) in [6, 6.07) is 0.586. The molecule has 5 heteroatoms. The van der Waals surface area contributed by atoms with Crippen LogP contribution in [0.5, 0.6) is 0 Å². The van der Waals surface area contributed by atoms with Gasteiger partial charge in [-0.1, -0.05) is 12.8 Å². The van der Waals surface area contributed by atoms with Gasteiger partial charge in [-0.2, -0.15) is 0 Å². The minimum atomic E-state index is -0.888. The van der Waals surface area contributed by atoms with Gasteiger partial charge >= 0.3 is 5.97 Å². The molecule has 2 saturated heterocycles. The van der Waals surface area contributed by atoms with E-state index in [-0.39, 0.29) is 17.8 Å². The number of carboxylic acid groups (broad SMARTS) is 1. The molecule has 0 bridgehead atoms. The van der Waals surface area contributed by atoms with E-state index in [1.807, 2.05) is 6.92 Å². The summed E-state index contributed by atoms with van der Waals surface area (Å²) in [5, 5.41) is 8.70. The summed E-state index contributed by atoms with van der Waals surface area (Å²) in [7, 11) is 0. The molecule has 1 N–H and O–H groups in total. The highest BCUT2D eigenvalue weighted by molar-refractivity contribution is 5.68. The maximum Gasteiger partial charge on any atom is 0.329 e. The van der Waals surface area contributed by atoms with Crippen LogP contribution in [0, 0.1) is 0 Å². The van der Waals surface area contributed by atoms with E-state index in [1.54, 1.807) is 0 Å². The van der Waals surface area contributed by atoms with E-state index in [1.165, 1.54) is 25.7 Å². The number of rotatable bonds is 4. The zero-order valence-electron chi connectivity index (χ0n) is 12.3. The smallest absolute Gasteiger partial charge is 0.329 e. The average Bonchev–Trinajstić information content (AvgIpc) is 2.81. The fourth-order valence-corrected chi connectivity index (χ4v) is 4.08. The van der Waals surface area contributed by atoms with Gasteiger partial charge in [0.15, 0.2) is 0 Å². The van der Waals surface area contributed by atoms with Gasteiger partial charge < -0.3 is 14.6 Å². The number of aliphatic carboxylic acids is 1. The molecule has 0 aromatic rings. The molecule has 2 heterocycles. The predicted octanol–water partition coefficient (Wildman–Crippen LogP) is 1.65. The molecular weight excluding hydrogens is 258 g/mol. The van der Waals surface area contributed by atoms with Crippen LogP contribution in [-0.4, -0.2) is 59.5 Å². The van der Waals surface area contributed by atoms with E-state index < -0.39 is 5.97 Å². The van der Waals surface area contributed by atoms with Gasteiger partial charge in [-0.05, 0) is 32.6 Å². The average molecular weight is 283 g/mol. The van der Waals surface area contributed by atoms with Gasteiger partial charge in [0.2, 0.25) is 0 Å². The Balaban J connectivity index is 1.50. The van der Waals surface area contributed by atoms with E-state index in [0.29, 0.717) is 6.04 Å². The minimum absolute atomic E-state index is 0.150. The third-order valence-electron chi connectivity index (χ3n) is 5.12. The lowest BCUT2D eigenvalue weighted by atomic mass is 9.84. The van der Waals surface area contributed by atoms with Crippen LogP contribution in [0.3, 0.4) is 0 Å². The molecule has 3 fully saturated rings. The monoisotopic (exact) mass is 283 g/mol. The van der Waals surface area contributed by atoms with Crippen LogP contribution in [0.4, 0.5) is 0 Å². The van der Waals surface area contributed by atoms with E-state index in [9.17, 15) is 4.79 Å². The van der Waals surface area contributed by atoms with Crippen molar-refractivity contribution in [3.63, 3.8) is 0 Å². The van der Waals surface area contributed by atoms with Crippen molar-refractivity contribution in [1.29, 1.82) is 0 Å². The maximum absolute atomic E-state index is 10.6. The van der Waals surface area contributed by atoms with Crippen LogP contribution >= 0.6 is 0 Å². The number of carbonyl (C=O) groups is 1. The standard InChI is InChI=1S/C15H25NO4/c1-14(20-9-13(17)18)10-16(11-14)12-4-7-19-15(8-12)5-2-3-6-15/h12H,2-11H2,1H3,(H,17,18). The molecule has 114 valence electrons. The molecular formula is C15H25NO4. The number of hydrogen-bond donors (Lipinski definition) is 1. The lowest BCUT2D eigenvalue weighted by Gasteiger charge is -2.53. The highest BCUT2D eigenvalue weighted by Crippen LogP contribution is 2.42. The molecule has 3 rings (SSSR count). The molecule has 0 radical (unpaired) electrons. The van der Waals surface area contributed by atoms with Crippen molar-refractivity contribution in [3.8, 4) is 0 Å². The van der Waals surface area contributed by atoms with Crippen LogP contribution in [-0.2, 0) is 14.3 Å². The molecule has 3 aliphatic rings. The van der Waals surface area contributed by atoms with Crippen molar-refractivity contribution in [1.82, 2.24) is 4.90 Å². The number of nitrogens with zero attached hydrogens (tertiary/aromatic N) is 1. The van der Waals surface area contributed by atoms with Crippen LogP contribution in [0.2, 0.25) is 0 Å². The molecule has 1 atom stereocenters. The first-order valence-electron chi connectivity index (χ1n) is 7.74. The van der Waals surface area contributed by atoms with E-state index >= 15 is 0 Å².